The van der Waals surface area contributed by atoms with Gasteiger partial charge in [0.05, 0.1) is 7.11 Å². The van der Waals surface area contributed by atoms with Crippen molar-refractivity contribution in [2.75, 3.05) is 31.6 Å². The van der Waals surface area contributed by atoms with Gasteiger partial charge in [0.1, 0.15) is 5.82 Å². The molecule has 0 radical (unpaired) electrons. The van der Waals surface area contributed by atoms with Crippen LogP contribution in [0.2, 0.25) is 0 Å². The Morgan fingerprint density at radius 1 is 1.26 bits per heavy atom. The van der Waals surface area contributed by atoms with Crippen molar-refractivity contribution in [3.63, 3.8) is 0 Å². The molecular weight excluding hydrogens is 238 g/mol. The summed E-state index contributed by atoms with van der Waals surface area (Å²) in [4.78, 5) is 6.91. The van der Waals surface area contributed by atoms with Gasteiger partial charge in [0, 0.05) is 25.2 Å². The second-order valence-corrected chi connectivity index (χ2v) is 5.57. The van der Waals surface area contributed by atoms with Gasteiger partial charge in [0.15, 0.2) is 0 Å². The Bertz CT molecular complexity index is 410. The summed E-state index contributed by atoms with van der Waals surface area (Å²) in [5.41, 5.74) is 0. The van der Waals surface area contributed by atoms with Gasteiger partial charge in [-0.2, -0.15) is 4.98 Å². The van der Waals surface area contributed by atoms with E-state index in [1.165, 1.54) is 32.2 Å². The first-order valence-electron chi connectivity index (χ1n) is 7.36. The molecule has 4 nitrogen and oxygen atoms in total. The Kier molecular flexibility index (Phi) is 3.87. The molecule has 0 aliphatic carbocycles. The third-order valence-electron chi connectivity index (χ3n) is 4.45. The van der Waals surface area contributed by atoms with Crippen LogP contribution < -0.4 is 15.0 Å². The molecule has 0 saturated carbocycles. The van der Waals surface area contributed by atoms with Gasteiger partial charge in [-0.05, 0) is 44.2 Å². The Morgan fingerprint density at radius 2 is 2.11 bits per heavy atom. The van der Waals surface area contributed by atoms with Crippen LogP contribution >= 0.6 is 0 Å². The molecule has 2 aliphatic heterocycles. The van der Waals surface area contributed by atoms with E-state index in [2.05, 4.69) is 21.3 Å². The van der Waals surface area contributed by atoms with Crippen LogP contribution in [0.3, 0.4) is 0 Å². The lowest BCUT2D eigenvalue weighted by molar-refractivity contribution is 0.318. The fraction of sp³-hybridized carbons (Fsp3) is 0.667. The lowest BCUT2D eigenvalue weighted by Gasteiger charge is -2.35. The molecule has 3 rings (SSSR count). The molecule has 2 fully saturated rings. The summed E-state index contributed by atoms with van der Waals surface area (Å²) in [5.74, 6) is 2.61. The van der Waals surface area contributed by atoms with Crippen molar-refractivity contribution < 1.29 is 4.74 Å². The number of hydrogen-bond acceptors (Lipinski definition) is 4. The fourth-order valence-electron chi connectivity index (χ4n) is 3.34. The maximum absolute atomic E-state index is 5.20. The lowest BCUT2D eigenvalue weighted by atomic mass is 9.88. The molecule has 0 bridgehead atoms. The highest BCUT2D eigenvalue weighted by Crippen LogP contribution is 2.28. The van der Waals surface area contributed by atoms with E-state index in [1.807, 2.05) is 12.1 Å². The van der Waals surface area contributed by atoms with Crippen LogP contribution in [0, 0.1) is 5.92 Å². The number of aromatic nitrogens is 1. The standard InChI is InChI=1S/C15H23N3O/c1-19-15-6-2-5-14(17-15)18-10-7-12(8-11-18)13-4-3-9-16-13/h2,5-6,12-13,16H,3-4,7-11H2,1H3. The molecule has 0 aromatic carbocycles. The summed E-state index contributed by atoms with van der Waals surface area (Å²) in [6.45, 7) is 3.44. The first kappa shape index (κ1) is 12.7. The number of anilines is 1. The van der Waals surface area contributed by atoms with Crippen LogP contribution in [0.1, 0.15) is 25.7 Å². The second kappa shape index (κ2) is 5.78. The van der Waals surface area contributed by atoms with Crippen molar-refractivity contribution in [3.8, 4) is 5.88 Å². The highest BCUT2D eigenvalue weighted by Gasteiger charge is 2.28. The predicted molar refractivity (Wildman–Crippen MR) is 76.8 cm³/mol. The van der Waals surface area contributed by atoms with E-state index in [0.717, 1.165) is 30.9 Å². The van der Waals surface area contributed by atoms with Crippen molar-refractivity contribution in [3.05, 3.63) is 18.2 Å². The summed E-state index contributed by atoms with van der Waals surface area (Å²) in [7, 11) is 1.67. The molecule has 19 heavy (non-hydrogen) atoms. The van der Waals surface area contributed by atoms with Crippen molar-refractivity contribution >= 4 is 5.82 Å². The molecule has 2 saturated heterocycles. The lowest BCUT2D eigenvalue weighted by Crippen LogP contribution is -2.41. The predicted octanol–water partition coefficient (Wildman–Crippen LogP) is 2.06. The molecule has 1 N–H and O–H groups in total. The topological polar surface area (TPSA) is 37.4 Å². The van der Waals surface area contributed by atoms with Gasteiger partial charge in [0.25, 0.3) is 0 Å². The highest BCUT2D eigenvalue weighted by atomic mass is 16.5. The molecule has 1 aromatic heterocycles. The van der Waals surface area contributed by atoms with Gasteiger partial charge in [0.2, 0.25) is 5.88 Å². The summed E-state index contributed by atoms with van der Waals surface area (Å²) >= 11 is 0. The van der Waals surface area contributed by atoms with Crippen LogP contribution in [0.5, 0.6) is 5.88 Å². The van der Waals surface area contributed by atoms with E-state index in [-0.39, 0.29) is 0 Å². The minimum Gasteiger partial charge on any atom is -0.481 e. The van der Waals surface area contributed by atoms with Crippen LogP contribution in [0.4, 0.5) is 5.82 Å². The molecule has 104 valence electrons. The van der Waals surface area contributed by atoms with Crippen LogP contribution in [-0.4, -0.2) is 37.8 Å². The first-order chi connectivity index (χ1) is 9.36. The van der Waals surface area contributed by atoms with E-state index in [4.69, 9.17) is 4.74 Å². The molecule has 4 heteroatoms. The molecule has 2 aliphatic rings. The molecule has 1 unspecified atom stereocenters. The Hall–Kier alpha value is -1.29. The minimum atomic E-state index is 0.706. The summed E-state index contributed by atoms with van der Waals surface area (Å²) in [6.07, 6.45) is 5.26. The number of ether oxygens (including phenoxy) is 1. The van der Waals surface area contributed by atoms with E-state index in [1.54, 1.807) is 7.11 Å². The van der Waals surface area contributed by atoms with Gasteiger partial charge in [-0.1, -0.05) is 6.07 Å². The SMILES string of the molecule is COc1cccc(N2CCC(C3CCCN3)CC2)n1. The average molecular weight is 261 g/mol. The zero-order valence-corrected chi connectivity index (χ0v) is 11.6. The number of methoxy groups -OCH3 is 1. The van der Waals surface area contributed by atoms with Crippen LogP contribution in [-0.2, 0) is 0 Å². The zero-order valence-electron chi connectivity index (χ0n) is 11.6. The third kappa shape index (κ3) is 2.84. The maximum Gasteiger partial charge on any atom is 0.214 e. The van der Waals surface area contributed by atoms with Crippen LogP contribution in [0.25, 0.3) is 0 Å². The number of nitrogens with zero attached hydrogens (tertiary/aromatic N) is 2. The van der Waals surface area contributed by atoms with E-state index < -0.39 is 0 Å². The van der Waals surface area contributed by atoms with Gasteiger partial charge in [-0.15, -0.1) is 0 Å². The number of nitrogens with one attached hydrogen (secondary N) is 1. The molecule has 1 aromatic rings. The highest BCUT2D eigenvalue weighted by molar-refractivity contribution is 5.41. The van der Waals surface area contributed by atoms with Gasteiger partial charge < -0.3 is 15.0 Å². The number of pyridine rings is 1. The number of hydrogen-bond donors (Lipinski definition) is 1. The summed E-state index contributed by atoms with van der Waals surface area (Å²) in [6, 6.07) is 6.77. The Labute approximate surface area is 115 Å². The van der Waals surface area contributed by atoms with E-state index in [9.17, 15) is 0 Å². The fourth-order valence-corrected chi connectivity index (χ4v) is 3.34. The van der Waals surface area contributed by atoms with Crippen molar-refractivity contribution in [1.29, 1.82) is 0 Å². The Balaban J connectivity index is 1.59. The number of piperidine rings is 1. The molecule has 0 spiro atoms. The molecular formula is C15H23N3O. The van der Waals surface area contributed by atoms with Crippen molar-refractivity contribution in [2.24, 2.45) is 5.92 Å². The van der Waals surface area contributed by atoms with Gasteiger partial charge >= 0.3 is 0 Å². The van der Waals surface area contributed by atoms with E-state index >= 15 is 0 Å². The minimum absolute atomic E-state index is 0.706. The zero-order chi connectivity index (χ0) is 13.1. The summed E-state index contributed by atoms with van der Waals surface area (Å²) < 4.78 is 5.20. The van der Waals surface area contributed by atoms with Crippen molar-refractivity contribution in [1.82, 2.24) is 10.3 Å². The quantitative estimate of drug-likeness (QED) is 0.903. The molecule has 3 heterocycles. The number of rotatable bonds is 3. The monoisotopic (exact) mass is 261 g/mol. The normalized spacial score (nSPS) is 24.7. The molecule has 1 atom stereocenters. The average Bonchev–Trinajstić information content (AvgIpc) is 3.02. The third-order valence-corrected chi connectivity index (χ3v) is 4.45. The summed E-state index contributed by atoms with van der Waals surface area (Å²) in [5, 5.41) is 3.65. The van der Waals surface area contributed by atoms with E-state index in [0.29, 0.717) is 5.88 Å². The maximum atomic E-state index is 5.20. The van der Waals surface area contributed by atoms with Crippen molar-refractivity contribution in [2.45, 2.75) is 31.7 Å². The van der Waals surface area contributed by atoms with Gasteiger partial charge in [-0.25, -0.2) is 0 Å². The first-order valence-corrected chi connectivity index (χ1v) is 7.36. The smallest absolute Gasteiger partial charge is 0.214 e. The van der Waals surface area contributed by atoms with Gasteiger partial charge in [-0.3, -0.25) is 0 Å². The second-order valence-electron chi connectivity index (χ2n) is 5.57. The van der Waals surface area contributed by atoms with Crippen LogP contribution in [0.15, 0.2) is 18.2 Å². The Morgan fingerprint density at radius 3 is 2.79 bits per heavy atom. The largest absolute Gasteiger partial charge is 0.481 e. The molecule has 0 amide bonds.